The molecule has 136 valence electrons. The van der Waals surface area contributed by atoms with E-state index in [0.717, 1.165) is 34.3 Å². The van der Waals surface area contributed by atoms with Crippen LogP contribution in [0, 0.1) is 6.92 Å². The first-order chi connectivity index (χ1) is 12.5. The van der Waals surface area contributed by atoms with Gasteiger partial charge in [0.05, 0.1) is 4.47 Å². The smallest absolute Gasteiger partial charge is 0.258 e. The molecule has 2 aromatic rings. The molecule has 1 saturated heterocycles. The van der Waals surface area contributed by atoms with E-state index in [1.165, 1.54) is 0 Å². The van der Waals surface area contributed by atoms with Crippen molar-refractivity contribution in [2.45, 2.75) is 26.3 Å². The predicted octanol–water partition coefficient (Wildman–Crippen LogP) is 3.58. The molecule has 0 aromatic heterocycles. The van der Waals surface area contributed by atoms with E-state index in [4.69, 9.17) is 4.74 Å². The number of nitrogens with one attached hydrogen (secondary N) is 1. The van der Waals surface area contributed by atoms with Gasteiger partial charge in [-0.2, -0.15) is 0 Å². The molecule has 2 amide bonds. The Morgan fingerprint density at radius 1 is 1.23 bits per heavy atom. The lowest BCUT2D eigenvalue weighted by Gasteiger charge is -2.16. The first kappa shape index (κ1) is 18.5. The molecule has 6 heteroatoms. The van der Waals surface area contributed by atoms with Gasteiger partial charge in [-0.3, -0.25) is 9.59 Å². The Labute approximate surface area is 161 Å². The van der Waals surface area contributed by atoms with Gasteiger partial charge in [-0.05, 0) is 64.7 Å². The van der Waals surface area contributed by atoms with Crippen molar-refractivity contribution in [2.75, 3.05) is 18.1 Å². The summed E-state index contributed by atoms with van der Waals surface area (Å²) in [6.45, 7) is 3.15. The third-order valence-electron chi connectivity index (χ3n) is 4.26. The summed E-state index contributed by atoms with van der Waals surface area (Å²) in [5.41, 5.74) is 3.01. The Bertz CT molecular complexity index is 805. The molecule has 0 aliphatic carbocycles. The van der Waals surface area contributed by atoms with Crippen molar-refractivity contribution < 1.29 is 14.3 Å². The number of aryl methyl sites for hydroxylation is 1. The van der Waals surface area contributed by atoms with E-state index in [2.05, 4.69) is 21.2 Å². The SMILES string of the molecule is Cc1ccc(OCC(=O)NCc2ccc(N3CCCC3=O)cc2)c(Br)c1. The van der Waals surface area contributed by atoms with Gasteiger partial charge in [-0.1, -0.05) is 18.2 Å². The molecule has 1 N–H and O–H groups in total. The molecule has 0 spiro atoms. The number of hydrogen-bond acceptors (Lipinski definition) is 3. The molecule has 0 atom stereocenters. The van der Waals surface area contributed by atoms with Crippen LogP contribution < -0.4 is 15.0 Å². The highest BCUT2D eigenvalue weighted by molar-refractivity contribution is 9.10. The molecule has 0 unspecified atom stereocenters. The highest BCUT2D eigenvalue weighted by atomic mass is 79.9. The normalized spacial score (nSPS) is 13.8. The fourth-order valence-electron chi connectivity index (χ4n) is 2.83. The van der Waals surface area contributed by atoms with Crippen LogP contribution in [0.3, 0.4) is 0 Å². The quantitative estimate of drug-likeness (QED) is 0.782. The fraction of sp³-hybridized carbons (Fsp3) is 0.300. The summed E-state index contributed by atoms with van der Waals surface area (Å²) >= 11 is 3.43. The lowest BCUT2D eigenvalue weighted by atomic mass is 10.2. The molecule has 0 bridgehead atoms. The highest BCUT2D eigenvalue weighted by Gasteiger charge is 2.21. The first-order valence-corrected chi connectivity index (χ1v) is 9.37. The number of carbonyl (C=O) groups excluding carboxylic acids is 2. The maximum Gasteiger partial charge on any atom is 0.258 e. The van der Waals surface area contributed by atoms with Gasteiger partial charge in [0.1, 0.15) is 5.75 Å². The molecule has 1 aliphatic rings. The van der Waals surface area contributed by atoms with E-state index in [1.807, 2.05) is 49.4 Å². The van der Waals surface area contributed by atoms with Gasteiger partial charge in [-0.15, -0.1) is 0 Å². The van der Waals surface area contributed by atoms with Gasteiger partial charge in [-0.25, -0.2) is 0 Å². The summed E-state index contributed by atoms with van der Waals surface area (Å²) < 4.78 is 6.37. The number of ether oxygens (including phenoxy) is 1. The van der Waals surface area contributed by atoms with Gasteiger partial charge in [0.25, 0.3) is 5.91 Å². The molecule has 1 fully saturated rings. The number of nitrogens with zero attached hydrogens (tertiary/aromatic N) is 1. The van der Waals surface area contributed by atoms with E-state index < -0.39 is 0 Å². The molecular formula is C20H21BrN2O3. The summed E-state index contributed by atoms with van der Waals surface area (Å²) in [6, 6.07) is 13.4. The minimum absolute atomic E-state index is 0.0397. The van der Waals surface area contributed by atoms with Gasteiger partial charge in [0.2, 0.25) is 5.91 Å². The van der Waals surface area contributed by atoms with Gasteiger partial charge in [0.15, 0.2) is 6.61 Å². The number of anilines is 1. The number of carbonyl (C=O) groups is 2. The average Bonchev–Trinajstić information content (AvgIpc) is 3.05. The molecule has 1 aliphatic heterocycles. The van der Waals surface area contributed by atoms with E-state index in [9.17, 15) is 9.59 Å². The highest BCUT2D eigenvalue weighted by Crippen LogP contribution is 2.25. The molecule has 0 radical (unpaired) electrons. The lowest BCUT2D eigenvalue weighted by molar-refractivity contribution is -0.123. The van der Waals surface area contributed by atoms with Crippen molar-refractivity contribution >= 4 is 33.4 Å². The lowest BCUT2D eigenvalue weighted by Crippen LogP contribution is -2.28. The van der Waals surface area contributed by atoms with E-state index in [1.54, 1.807) is 4.90 Å². The third-order valence-corrected chi connectivity index (χ3v) is 4.88. The molecule has 5 nitrogen and oxygen atoms in total. The van der Waals surface area contributed by atoms with Crippen LogP contribution in [-0.4, -0.2) is 25.0 Å². The summed E-state index contributed by atoms with van der Waals surface area (Å²) in [4.78, 5) is 25.5. The van der Waals surface area contributed by atoms with Crippen LogP contribution in [0.2, 0.25) is 0 Å². The maximum absolute atomic E-state index is 12.0. The second-order valence-corrected chi connectivity index (χ2v) is 7.17. The Morgan fingerprint density at radius 2 is 2.00 bits per heavy atom. The Balaban J connectivity index is 1.47. The molecule has 2 aromatic carbocycles. The zero-order valence-corrected chi connectivity index (χ0v) is 16.2. The second-order valence-electron chi connectivity index (χ2n) is 6.31. The van der Waals surface area contributed by atoms with Crippen molar-refractivity contribution in [3.05, 3.63) is 58.1 Å². The van der Waals surface area contributed by atoms with Gasteiger partial charge >= 0.3 is 0 Å². The zero-order chi connectivity index (χ0) is 18.5. The van der Waals surface area contributed by atoms with Crippen molar-refractivity contribution in [1.82, 2.24) is 5.32 Å². The molecule has 26 heavy (non-hydrogen) atoms. The predicted molar refractivity (Wildman–Crippen MR) is 104 cm³/mol. The molecular weight excluding hydrogens is 396 g/mol. The van der Waals surface area contributed by atoms with Crippen LogP contribution in [0.25, 0.3) is 0 Å². The van der Waals surface area contributed by atoms with Crippen LogP contribution in [0.1, 0.15) is 24.0 Å². The first-order valence-electron chi connectivity index (χ1n) is 8.58. The van der Waals surface area contributed by atoms with Crippen LogP contribution in [-0.2, 0) is 16.1 Å². The summed E-state index contributed by atoms with van der Waals surface area (Å²) in [7, 11) is 0. The maximum atomic E-state index is 12.0. The van der Waals surface area contributed by atoms with E-state index in [-0.39, 0.29) is 18.4 Å². The number of rotatable bonds is 6. The Hall–Kier alpha value is -2.34. The summed E-state index contributed by atoms with van der Waals surface area (Å²) in [6.07, 6.45) is 1.53. The molecule has 0 saturated carbocycles. The van der Waals surface area contributed by atoms with E-state index in [0.29, 0.717) is 18.7 Å². The van der Waals surface area contributed by atoms with Crippen molar-refractivity contribution in [3.8, 4) is 5.75 Å². The van der Waals surface area contributed by atoms with E-state index >= 15 is 0 Å². The van der Waals surface area contributed by atoms with Crippen molar-refractivity contribution in [3.63, 3.8) is 0 Å². The minimum Gasteiger partial charge on any atom is -0.483 e. The Kier molecular flexibility index (Phi) is 5.93. The topological polar surface area (TPSA) is 58.6 Å². The van der Waals surface area contributed by atoms with Crippen LogP contribution >= 0.6 is 15.9 Å². The Morgan fingerprint density at radius 3 is 2.65 bits per heavy atom. The van der Waals surface area contributed by atoms with Crippen molar-refractivity contribution in [1.29, 1.82) is 0 Å². The molecule has 1 heterocycles. The van der Waals surface area contributed by atoms with Crippen LogP contribution in [0.15, 0.2) is 46.9 Å². The standard InChI is InChI=1S/C20H21BrN2O3/c1-14-4-9-18(17(21)11-14)26-13-19(24)22-12-15-5-7-16(8-6-15)23-10-2-3-20(23)25/h4-9,11H,2-3,10,12-13H2,1H3,(H,22,24). The molecule has 3 rings (SSSR count). The van der Waals surface area contributed by atoms with Crippen molar-refractivity contribution in [2.24, 2.45) is 0 Å². The van der Waals surface area contributed by atoms with Gasteiger partial charge in [0, 0.05) is 25.2 Å². The second kappa shape index (κ2) is 8.36. The van der Waals surface area contributed by atoms with Crippen LogP contribution in [0.5, 0.6) is 5.75 Å². The number of hydrogen-bond donors (Lipinski definition) is 1. The number of amides is 2. The summed E-state index contributed by atoms with van der Waals surface area (Å²) in [5, 5.41) is 2.84. The monoisotopic (exact) mass is 416 g/mol. The largest absolute Gasteiger partial charge is 0.483 e. The third kappa shape index (κ3) is 4.64. The zero-order valence-electron chi connectivity index (χ0n) is 14.6. The average molecular weight is 417 g/mol. The number of halogens is 1. The van der Waals surface area contributed by atoms with Crippen LogP contribution in [0.4, 0.5) is 5.69 Å². The van der Waals surface area contributed by atoms with Gasteiger partial charge < -0.3 is 15.0 Å². The minimum atomic E-state index is -0.184. The number of benzene rings is 2. The summed E-state index contributed by atoms with van der Waals surface area (Å²) in [5.74, 6) is 0.632. The fourth-order valence-corrected chi connectivity index (χ4v) is 3.44.